The van der Waals surface area contributed by atoms with Crippen LogP contribution < -0.4 is 4.72 Å². The Morgan fingerprint density at radius 1 is 1.31 bits per heavy atom. The third-order valence-electron chi connectivity index (χ3n) is 3.57. The predicted molar refractivity (Wildman–Crippen MR) is 64.6 cm³/mol. The lowest BCUT2D eigenvalue weighted by molar-refractivity contribution is 0.213. The van der Waals surface area contributed by atoms with Gasteiger partial charge < -0.3 is 5.11 Å². The molecular formula is C11H23NO3S. The van der Waals surface area contributed by atoms with Crippen molar-refractivity contribution in [1.29, 1.82) is 0 Å². The first-order chi connectivity index (χ1) is 7.47. The zero-order valence-corrected chi connectivity index (χ0v) is 11.0. The van der Waals surface area contributed by atoms with Gasteiger partial charge in [-0.15, -0.1) is 0 Å². The Kier molecular flexibility index (Phi) is 4.76. The molecule has 4 nitrogen and oxygen atoms in total. The van der Waals surface area contributed by atoms with Crippen molar-refractivity contribution in [3.05, 3.63) is 0 Å². The molecule has 2 N–H and O–H groups in total. The average Bonchev–Trinajstić information content (AvgIpc) is 3.04. The summed E-state index contributed by atoms with van der Waals surface area (Å²) in [6.07, 6.45) is 3.64. The standard InChI is InChI=1S/C11H23NO3S/c1-3-10(4-2)7-16(14,15)12-8-11(9-13)5-6-11/h10,12-13H,3-9H2,1-2H3. The molecule has 1 aliphatic rings. The molecule has 0 bridgehead atoms. The van der Waals surface area contributed by atoms with Crippen molar-refractivity contribution in [3.8, 4) is 0 Å². The minimum Gasteiger partial charge on any atom is -0.396 e. The minimum absolute atomic E-state index is 0.0838. The molecule has 0 saturated heterocycles. The molecule has 0 aliphatic heterocycles. The summed E-state index contributed by atoms with van der Waals surface area (Å²) in [6.45, 7) is 4.51. The lowest BCUT2D eigenvalue weighted by Crippen LogP contribution is -2.35. The molecule has 0 unspecified atom stereocenters. The normalized spacial score (nSPS) is 19.0. The maximum Gasteiger partial charge on any atom is 0.211 e. The van der Waals surface area contributed by atoms with Crippen LogP contribution >= 0.6 is 0 Å². The molecule has 0 aromatic rings. The number of nitrogens with one attached hydrogen (secondary N) is 1. The van der Waals surface area contributed by atoms with Crippen LogP contribution in [0.4, 0.5) is 0 Å². The van der Waals surface area contributed by atoms with Crippen LogP contribution in [0.1, 0.15) is 39.5 Å². The molecule has 1 fully saturated rings. The molecule has 0 radical (unpaired) electrons. The fourth-order valence-corrected chi connectivity index (χ4v) is 3.46. The van der Waals surface area contributed by atoms with Gasteiger partial charge >= 0.3 is 0 Å². The predicted octanol–water partition coefficient (Wildman–Crippen LogP) is 1.11. The van der Waals surface area contributed by atoms with Crippen LogP contribution in [0.3, 0.4) is 0 Å². The van der Waals surface area contributed by atoms with Crippen molar-refractivity contribution in [3.63, 3.8) is 0 Å². The van der Waals surface area contributed by atoms with E-state index in [2.05, 4.69) is 4.72 Å². The topological polar surface area (TPSA) is 66.4 Å². The van der Waals surface area contributed by atoms with E-state index in [1.165, 1.54) is 0 Å². The summed E-state index contributed by atoms with van der Waals surface area (Å²) in [7, 11) is -3.17. The average molecular weight is 249 g/mol. The van der Waals surface area contributed by atoms with Gasteiger partial charge in [0.25, 0.3) is 0 Å². The first-order valence-corrected chi connectivity index (χ1v) is 7.70. The van der Waals surface area contributed by atoms with Crippen LogP contribution in [0.15, 0.2) is 0 Å². The van der Waals surface area contributed by atoms with Gasteiger partial charge in [0.1, 0.15) is 0 Å². The van der Waals surface area contributed by atoms with Crippen molar-refractivity contribution >= 4 is 10.0 Å². The highest BCUT2D eigenvalue weighted by molar-refractivity contribution is 7.89. The van der Waals surface area contributed by atoms with Crippen molar-refractivity contribution in [1.82, 2.24) is 4.72 Å². The van der Waals surface area contributed by atoms with Gasteiger partial charge in [-0.2, -0.15) is 0 Å². The number of hydrogen-bond acceptors (Lipinski definition) is 3. The third kappa shape index (κ3) is 4.03. The van der Waals surface area contributed by atoms with Crippen LogP contribution in [-0.4, -0.2) is 32.4 Å². The van der Waals surface area contributed by atoms with E-state index >= 15 is 0 Å². The molecule has 0 spiro atoms. The highest BCUT2D eigenvalue weighted by atomic mass is 32.2. The van der Waals surface area contributed by atoms with E-state index in [1.807, 2.05) is 13.8 Å². The fourth-order valence-electron chi connectivity index (χ4n) is 1.72. The Labute approximate surface area is 98.5 Å². The van der Waals surface area contributed by atoms with Crippen LogP contribution in [0.25, 0.3) is 0 Å². The lowest BCUT2D eigenvalue weighted by atomic mass is 10.1. The van der Waals surface area contributed by atoms with E-state index in [0.717, 1.165) is 25.7 Å². The molecule has 0 aromatic heterocycles. The summed E-state index contributed by atoms with van der Waals surface area (Å²) in [5.74, 6) is 0.448. The smallest absolute Gasteiger partial charge is 0.211 e. The summed E-state index contributed by atoms with van der Waals surface area (Å²) >= 11 is 0. The summed E-state index contributed by atoms with van der Waals surface area (Å²) in [4.78, 5) is 0. The largest absolute Gasteiger partial charge is 0.396 e. The maximum atomic E-state index is 11.8. The Balaban J connectivity index is 2.39. The second-order valence-electron chi connectivity index (χ2n) is 4.94. The lowest BCUT2D eigenvalue weighted by Gasteiger charge is -2.16. The number of aliphatic hydroxyl groups excluding tert-OH is 1. The summed E-state index contributed by atoms with van der Waals surface area (Å²) in [5.41, 5.74) is -0.152. The van der Waals surface area contributed by atoms with Crippen LogP contribution in [0.2, 0.25) is 0 Å². The second-order valence-corrected chi connectivity index (χ2v) is 6.79. The third-order valence-corrected chi connectivity index (χ3v) is 5.06. The van der Waals surface area contributed by atoms with Crippen LogP contribution in [-0.2, 0) is 10.0 Å². The van der Waals surface area contributed by atoms with E-state index < -0.39 is 10.0 Å². The van der Waals surface area contributed by atoms with Gasteiger partial charge in [-0.25, -0.2) is 13.1 Å². The zero-order chi connectivity index (χ0) is 12.2. The second kappa shape index (κ2) is 5.47. The van der Waals surface area contributed by atoms with E-state index in [9.17, 15) is 8.42 Å². The SMILES string of the molecule is CCC(CC)CS(=O)(=O)NCC1(CO)CC1. The monoisotopic (exact) mass is 249 g/mol. The zero-order valence-electron chi connectivity index (χ0n) is 10.2. The highest BCUT2D eigenvalue weighted by Crippen LogP contribution is 2.44. The Morgan fingerprint density at radius 3 is 2.25 bits per heavy atom. The molecule has 0 aromatic carbocycles. The van der Waals surface area contributed by atoms with Crippen molar-refractivity contribution in [2.75, 3.05) is 18.9 Å². The van der Waals surface area contributed by atoms with Gasteiger partial charge in [0.2, 0.25) is 10.0 Å². The van der Waals surface area contributed by atoms with E-state index in [4.69, 9.17) is 5.11 Å². The maximum absolute atomic E-state index is 11.8. The molecule has 5 heteroatoms. The van der Waals surface area contributed by atoms with Gasteiger partial charge in [0.15, 0.2) is 0 Å². The Hall–Kier alpha value is -0.130. The Bertz CT molecular complexity index is 305. The first kappa shape index (κ1) is 13.9. The van der Waals surface area contributed by atoms with Gasteiger partial charge in [0, 0.05) is 18.6 Å². The fraction of sp³-hybridized carbons (Fsp3) is 1.00. The molecule has 1 saturated carbocycles. The van der Waals surface area contributed by atoms with Crippen LogP contribution in [0.5, 0.6) is 0 Å². The van der Waals surface area contributed by atoms with Crippen molar-refractivity contribution in [2.45, 2.75) is 39.5 Å². The van der Waals surface area contributed by atoms with Crippen LogP contribution in [0, 0.1) is 11.3 Å². The van der Waals surface area contributed by atoms with Gasteiger partial charge in [-0.05, 0) is 18.8 Å². The molecular weight excluding hydrogens is 226 g/mol. The van der Waals surface area contributed by atoms with Crippen molar-refractivity contribution in [2.24, 2.45) is 11.3 Å². The molecule has 0 amide bonds. The van der Waals surface area contributed by atoms with E-state index in [-0.39, 0.29) is 23.7 Å². The highest BCUT2D eigenvalue weighted by Gasteiger charge is 2.42. The minimum atomic E-state index is -3.17. The molecule has 0 heterocycles. The quantitative estimate of drug-likeness (QED) is 0.677. The molecule has 1 aliphatic carbocycles. The summed E-state index contributed by atoms with van der Waals surface area (Å²) in [5, 5.41) is 9.09. The van der Waals surface area contributed by atoms with Gasteiger partial charge in [0.05, 0.1) is 5.75 Å². The summed E-state index contributed by atoms with van der Waals surface area (Å²) in [6, 6.07) is 0. The molecule has 16 heavy (non-hydrogen) atoms. The van der Waals surface area contributed by atoms with Gasteiger partial charge in [-0.3, -0.25) is 0 Å². The number of hydrogen-bond donors (Lipinski definition) is 2. The first-order valence-electron chi connectivity index (χ1n) is 6.05. The number of sulfonamides is 1. The molecule has 0 atom stereocenters. The molecule has 1 rings (SSSR count). The Morgan fingerprint density at radius 2 is 1.88 bits per heavy atom. The van der Waals surface area contributed by atoms with Crippen molar-refractivity contribution < 1.29 is 13.5 Å². The van der Waals surface area contributed by atoms with E-state index in [1.54, 1.807) is 0 Å². The van der Waals surface area contributed by atoms with Gasteiger partial charge in [-0.1, -0.05) is 26.7 Å². The summed E-state index contributed by atoms with van der Waals surface area (Å²) < 4.78 is 26.1. The molecule has 96 valence electrons. The van der Waals surface area contributed by atoms with E-state index in [0.29, 0.717) is 6.54 Å². The number of aliphatic hydroxyl groups is 1. The number of rotatable bonds is 8.